The van der Waals surface area contributed by atoms with Crippen LogP contribution in [0.2, 0.25) is 0 Å². The summed E-state index contributed by atoms with van der Waals surface area (Å²) in [5.74, 6) is 0.562. The zero-order valence-electron chi connectivity index (χ0n) is 18.4. The van der Waals surface area contributed by atoms with Crippen LogP contribution in [0.3, 0.4) is 0 Å². The SMILES string of the molecule is CCOc1cc2nc(C3CC(OC(C)C)C3)cn2cc1CC(=O)c1cccc(C(F)F)n1. The Morgan fingerprint density at radius 1 is 1.22 bits per heavy atom. The van der Waals surface area contributed by atoms with Crippen LogP contribution in [0.25, 0.3) is 5.65 Å². The number of rotatable bonds is 9. The molecule has 1 aliphatic rings. The molecule has 1 aliphatic carbocycles. The molecule has 0 amide bonds. The van der Waals surface area contributed by atoms with Crippen LogP contribution in [0.5, 0.6) is 5.75 Å². The standard InChI is InChI=1S/C24H27F2N3O3/c1-4-31-22-11-23-28-20(15-8-17(9-15)32-14(2)3)13-29(23)12-16(22)10-21(30)18-6-5-7-19(27-18)24(25)26/h5-7,11-15,17,24H,4,8-10H2,1-3H3. The maximum Gasteiger partial charge on any atom is 0.280 e. The molecule has 0 aliphatic heterocycles. The van der Waals surface area contributed by atoms with E-state index in [1.54, 1.807) is 0 Å². The Morgan fingerprint density at radius 2 is 2.00 bits per heavy atom. The Kier molecular flexibility index (Phi) is 6.50. The third kappa shape index (κ3) is 4.80. The van der Waals surface area contributed by atoms with E-state index < -0.39 is 12.1 Å². The van der Waals surface area contributed by atoms with Crippen molar-refractivity contribution in [1.82, 2.24) is 14.4 Å². The number of pyridine rings is 2. The molecule has 0 saturated heterocycles. The molecule has 0 bridgehead atoms. The zero-order valence-corrected chi connectivity index (χ0v) is 18.4. The quantitative estimate of drug-likeness (QED) is 0.427. The van der Waals surface area contributed by atoms with Gasteiger partial charge in [-0.05, 0) is 45.7 Å². The molecule has 4 rings (SSSR count). The van der Waals surface area contributed by atoms with E-state index in [0.29, 0.717) is 23.8 Å². The molecule has 1 saturated carbocycles. The van der Waals surface area contributed by atoms with Gasteiger partial charge in [0.25, 0.3) is 6.43 Å². The molecule has 0 aromatic carbocycles. The van der Waals surface area contributed by atoms with Gasteiger partial charge in [-0.2, -0.15) is 0 Å². The van der Waals surface area contributed by atoms with E-state index in [1.165, 1.54) is 18.2 Å². The van der Waals surface area contributed by atoms with E-state index in [4.69, 9.17) is 14.5 Å². The average Bonchev–Trinajstić information content (AvgIpc) is 3.12. The minimum atomic E-state index is -2.72. The van der Waals surface area contributed by atoms with Crippen LogP contribution in [-0.4, -0.2) is 39.0 Å². The van der Waals surface area contributed by atoms with E-state index in [0.717, 1.165) is 24.2 Å². The fraction of sp³-hybridized carbons (Fsp3) is 0.458. The molecule has 0 unspecified atom stereocenters. The van der Waals surface area contributed by atoms with Gasteiger partial charge in [-0.3, -0.25) is 4.79 Å². The number of hydrogen-bond donors (Lipinski definition) is 0. The summed E-state index contributed by atoms with van der Waals surface area (Å²) in [6.07, 6.45) is 3.44. The first kappa shape index (κ1) is 22.3. The lowest BCUT2D eigenvalue weighted by Crippen LogP contribution is -2.32. The molecular weight excluding hydrogens is 416 g/mol. The largest absolute Gasteiger partial charge is 0.493 e. The minimum Gasteiger partial charge on any atom is -0.493 e. The van der Waals surface area contributed by atoms with Gasteiger partial charge in [0.2, 0.25) is 0 Å². The minimum absolute atomic E-state index is 0.00773. The summed E-state index contributed by atoms with van der Waals surface area (Å²) >= 11 is 0. The normalized spacial score (nSPS) is 18.3. The van der Waals surface area contributed by atoms with Crippen LogP contribution in [0.15, 0.2) is 36.7 Å². The maximum atomic E-state index is 13.0. The molecule has 170 valence electrons. The Bertz CT molecular complexity index is 1110. The van der Waals surface area contributed by atoms with Crippen molar-refractivity contribution < 1.29 is 23.0 Å². The van der Waals surface area contributed by atoms with Gasteiger partial charge in [-0.15, -0.1) is 0 Å². The van der Waals surface area contributed by atoms with Crippen molar-refractivity contribution in [2.45, 2.75) is 64.6 Å². The zero-order chi connectivity index (χ0) is 22.8. The number of ketones is 1. The molecule has 0 N–H and O–H groups in total. The fourth-order valence-electron chi connectivity index (χ4n) is 3.99. The first-order valence-corrected chi connectivity index (χ1v) is 10.9. The number of alkyl halides is 2. The van der Waals surface area contributed by atoms with E-state index in [9.17, 15) is 13.6 Å². The van der Waals surface area contributed by atoms with Crippen LogP contribution in [0.4, 0.5) is 8.78 Å². The Balaban J connectivity index is 1.56. The third-order valence-electron chi connectivity index (χ3n) is 5.56. The van der Waals surface area contributed by atoms with Crippen LogP contribution < -0.4 is 4.74 Å². The summed E-state index contributed by atoms with van der Waals surface area (Å²) in [4.78, 5) is 21.3. The number of ether oxygens (including phenoxy) is 2. The van der Waals surface area contributed by atoms with E-state index >= 15 is 0 Å². The lowest BCUT2D eigenvalue weighted by molar-refractivity contribution is -0.0455. The molecule has 0 spiro atoms. The highest BCUT2D eigenvalue weighted by molar-refractivity contribution is 5.96. The van der Waals surface area contributed by atoms with Crippen molar-refractivity contribution in [3.05, 3.63) is 59.3 Å². The van der Waals surface area contributed by atoms with Crippen LogP contribution in [0, 0.1) is 0 Å². The van der Waals surface area contributed by atoms with Gasteiger partial charge in [-0.1, -0.05) is 6.07 Å². The highest BCUT2D eigenvalue weighted by atomic mass is 19.3. The molecule has 1 fully saturated rings. The van der Waals surface area contributed by atoms with Crippen molar-refractivity contribution in [3.8, 4) is 5.75 Å². The summed E-state index contributed by atoms with van der Waals surface area (Å²) in [6, 6.07) is 5.91. The average molecular weight is 443 g/mol. The highest BCUT2D eigenvalue weighted by Gasteiger charge is 2.33. The van der Waals surface area contributed by atoms with Crippen molar-refractivity contribution in [2.24, 2.45) is 0 Å². The van der Waals surface area contributed by atoms with Crippen molar-refractivity contribution in [2.75, 3.05) is 6.61 Å². The summed E-state index contributed by atoms with van der Waals surface area (Å²) in [7, 11) is 0. The van der Waals surface area contributed by atoms with Gasteiger partial charge >= 0.3 is 0 Å². The first-order chi connectivity index (χ1) is 15.3. The predicted molar refractivity (Wildman–Crippen MR) is 116 cm³/mol. The van der Waals surface area contributed by atoms with Gasteiger partial charge in [0.05, 0.1) is 24.5 Å². The molecule has 32 heavy (non-hydrogen) atoms. The number of aromatic nitrogens is 3. The molecule has 0 atom stereocenters. The number of fused-ring (bicyclic) bond motifs is 1. The van der Waals surface area contributed by atoms with E-state index in [-0.39, 0.29) is 30.1 Å². The number of imidazole rings is 1. The van der Waals surface area contributed by atoms with Gasteiger partial charge in [0.15, 0.2) is 5.78 Å². The molecule has 0 radical (unpaired) electrons. The number of hydrogen-bond acceptors (Lipinski definition) is 5. The summed E-state index contributed by atoms with van der Waals surface area (Å²) in [5.41, 5.74) is 2.00. The summed E-state index contributed by atoms with van der Waals surface area (Å²) < 4.78 is 39.4. The second-order valence-corrected chi connectivity index (χ2v) is 8.35. The lowest BCUT2D eigenvalue weighted by atomic mass is 9.80. The van der Waals surface area contributed by atoms with Gasteiger partial charge in [0.1, 0.15) is 22.8 Å². The highest BCUT2D eigenvalue weighted by Crippen LogP contribution is 2.39. The number of carbonyl (C=O) groups excluding carboxylic acids is 1. The van der Waals surface area contributed by atoms with Crippen LogP contribution in [0.1, 0.15) is 73.4 Å². The Labute approximate surface area is 185 Å². The van der Waals surface area contributed by atoms with Gasteiger partial charge in [0, 0.05) is 36.4 Å². The first-order valence-electron chi connectivity index (χ1n) is 10.9. The second-order valence-electron chi connectivity index (χ2n) is 8.35. The number of Topliss-reactive ketones (excluding diaryl/α,β-unsaturated/α-hetero) is 1. The van der Waals surface area contributed by atoms with Crippen molar-refractivity contribution in [3.63, 3.8) is 0 Å². The van der Waals surface area contributed by atoms with Gasteiger partial charge in [-0.25, -0.2) is 18.7 Å². The molecule has 3 heterocycles. The fourth-order valence-corrected chi connectivity index (χ4v) is 3.99. The van der Waals surface area contributed by atoms with Crippen LogP contribution >= 0.6 is 0 Å². The molecular formula is C24H27F2N3O3. The van der Waals surface area contributed by atoms with Crippen molar-refractivity contribution >= 4 is 11.4 Å². The molecule has 6 nitrogen and oxygen atoms in total. The monoisotopic (exact) mass is 443 g/mol. The Hall–Kier alpha value is -2.87. The second kappa shape index (κ2) is 9.32. The summed E-state index contributed by atoms with van der Waals surface area (Å²) in [5, 5.41) is 0. The predicted octanol–water partition coefficient (Wildman–Crippen LogP) is 5.16. The topological polar surface area (TPSA) is 65.7 Å². The number of nitrogens with zero attached hydrogens (tertiary/aromatic N) is 3. The lowest BCUT2D eigenvalue weighted by Gasteiger charge is -2.35. The molecule has 3 aromatic rings. The third-order valence-corrected chi connectivity index (χ3v) is 5.56. The maximum absolute atomic E-state index is 13.0. The molecule has 8 heteroatoms. The van der Waals surface area contributed by atoms with Crippen molar-refractivity contribution in [1.29, 1.82) is 0 Å². The molecule has 3 aromatic heterocycles. The van der Waals surface area contributed by atoms with Gasteiger partial charge < -0.3 is 13.9 Å². The smallest absolute Gasteiger partial charge is 0.280 e. The Morgan fingerprint density at radius 3 is 2.69 bits per heavy atom. The van der Waals surface area contributed by atoms with E-state index in [2.05, 4.69) is 4.98 Å². The van der Waals surface area contributed by atoms with Crippen LogP contribution in [-0.2, 0) is 11.2 Å². The number of halogens is 2. The summed E-state index contributed by atoms with van der Waals surface area (Å²) in [6.45, 7) is 6.37. The number of carbonyl (C=O) groups is 1. The van der Waals surface area contributed by atoms with E-state index in [1.807, 2.05) is 43.6 Å².